The number of hydrogen-bond acceptors (Lipinski definition) is 5. The number of aryl methyl sites for hydroxylation is 1. The molecule has 2 aromatic rings. The maximum atomic E-state index is 12.6. The Hall–Kier alpha value is -1.41. The minimum Gasteiger partial charge on any atom is -0.391 e. The van der Waals surface area contributed by atoms with E-state index in [9.17, 15) is 9.90 Å². The largest absolute Gasteiger partial charge is 0.391 e. The fourth-order valence-corrected chi connectivity index (χ4v) is 2.96. The van der Waals surface area contributed by atoms with Crippen LogP contribution in [-0.2, 0) is 0 Å². The molecule has 25 heavy (non-hydrogen) atoms. The summed E-state index contributed by atoms with van der Waals surface area (Å²) in [6.07, 6.45) is 1.29. The van der Waals surface area contributed by atoms with Crippen LogP contribution in [0, 0.1) is 12.8 Å². The molecule has 3 heterocycles. The first-order chi connectivity index (χ1) is 11.0. The second-order valence-corrected chi connectivity index (χ2v) is 6.43. The van der Waals surface area contributed by atoms with Crippen LogP contribution in [0.25, 0.3) is 11.0 Å². The van der Waals surface area contributed by atoms with Gasteiger partial charge in [0.1, 0.15) is 0 Å². The number of rotatable bonds is 4. The fraction of sp³-hybridized carbons (Fsp3) is 0.562. The van der Waals surface area contributed by atoms with E-state index in [1.54, 1.807) is 12.3 Å². The molecular weight excluding hydrogens is 365 g/mol. The number of β-amino-alcohol motifs (C(OH)–C–C–N with tert-alkyl or cyclic N) is 1. The van der Waals surface area contributed by atoms with Crippen LogP contribution in [0.15, 0.2) is 12.3 Å². The van der Waals surface area contributed by atoms with E-state index in [2.05, 4.69) is 20.7 Å². The molecule has 1 saturated heterocycles. The van der Waals surface area contributed by atoms with Crippen molar-refractivity contribution < 1.29 is 9.90 Å². The summed E-state index contributed by atoms with van der Waals surface area (Å²) < 4.78 is 1.82. The molecule has 0 bridgehead atoms. The van der Waals surface area contributed by atoms with Crippen molar-refractivity contribution in [1.82, 2.24) is 25.4 Å². The molecule has 1 aliphatic heterocycles. The van der Waals surface area contributed by atoms with Crippen molar-refractivity contribution in [3.63, 3.8) is 0 Å². The molecule has 2 aromatic heterocycles. The van der Waals surface area contributed by atoms with Crippen LogP contribution in [0.5, 0.6) is 0 Å². The zero-order chi connectivity index (χ0) is 16.6. The first kappa shape index (κ1) is 21.6. The number of hydrogen-bond donors (Lipinski definition) is 3. The molecular formula is C16H25Cl2N5O2. The van der Waals surface area contributed by atoms with Crippen LogP contribution >= 0.6 is 24.8 Å². The van der Waals surface area contributed by atoms with Gasteiger partial charge >= 0.3 is 0 Å². The van der Waals surface area contributed by atoms with Crippen molar-refractivity contribution in [2.45, 2.75) is 32.9 Å². The van der Waals surface area contributed by atoms with Crippen LogP contribution in [-0.4, -0.2) is 51.5 Å². The van der Waals surface area contributed by atoms with Crippen molar-refractivity contribution in [3.8, 4) is 0 Å². The van der Waals surface area contributed by atoms with Gasteiger partial charge in [0.15, 0.2) is 5.65 Å². The highest BCUT2D eigenvalue weighted by atomic mass is 35.5. The van der Waals surface area contributed by atoms with Gasteiger partial charge in [0, 0.05) is 37.3 Å². The molecule has 0 radical (unpaired) electrons. The number of pyridine rings is 1. The third-order valence-corrected chi connectivity index (χ3v) is 4.26. The van der Waals surface area contributed by atoms with Gasteiger partial charge in [0.25, 0.3) is 5.91 Å². The highest BCUT2D eigenvalue weighted by Crippen LogP contribution is 2.21. The van der Waals surface area contributed by atoms with Crippen molar-refractivity contribution in [2.24, 2.45) is 5.92 Å². The van der Waals surface area contributed by atoms with E-state index in [-0.39, 0.29) is 42.7 Å². The average Bonchev–Trinajstić information content (AvgIpc) is 3.09. The van der Waals surface area contributed by atoms with Crippen LogP contribution in [0.1, 0.15) is 35.9 Å². The molecule has 1 fully saturated rings. The summed E-state index contributed by atoms with van der Waals surface area (Å²) in [5.74, 6) is -0.0985. The van der Waals surface area contributed by atoms with E-state index in [4.69, 9.17) is 0 Å². The lowest BCUT2D eigenvalue weighted by Gasteiger charge is -2.14. The van der Waals surface area contributed by atoms with E-state index in [0.29, 0.717) is 18.7 Å². The van der Waals surface area contributed by atoms with Gasteiger partial charge < -0.3 is 15.7 Å². The van der Waals surface area contributed by atoms with Crippen LogP contribution < -0.4 is 10.6 Å². The summed E-state index contributed by atoms with van der Waals surface area (Å²) in [7, 11) is 0. The molecule has 1 aliphatic rings. The molecule has 0 aliphatic carbocycles. The first-order valence-electron chi connectivity index (χ1n) is 7.99. The Bertz CT molecular complexity index is 735. The standard InChI is InChI=1S/C16H23N5O2.2ClH/c1-9(2)21-15-13(7-19-21)12(4-10(3)20-15)16(23)18-6-11-5-17-8-14(11)22;;/h4,7,9,11,14,17,22H,5-6,8H2,1-3H3,(H,18,23);2*1H. The normalized spacial score (nSPS) is 19.6. The fourth-order valence-electron chi connectivity index (χ4n) is 2.96. The Kier molecular flexibility index (Phi) is 7.62. The second-order valence-electron chi connectivity index (χ2n) is 6.43. The number of fused-ring (bicyclic) bond motifs is 1. The predicted molar refractivity (Wildman–Crippen MR) is 102 cm³/mol. The molecule has 2 atom stereocenters. The molecule has 2 unspecified atom stereocenters. The van der Waals surface area contributed by atoms with Crippen molar-refractivity contribution >= 4 is 41.8 Å². The maximum absolute atomic E-state index is 12.6. The molecule has 1 amide bonds. The molecule has 3 N–H and O–H groups in total. The summed E-state index contributed by atoms with van der Waals surface area (Å²) in [5, 5.41) is 21.0. The third-order valence-electron chi connectivity index (χ3n) is 4.26. The van der Waals surface area contributed by atoms with E-state index in [1.165, 1.54) is 0 Å². The summed E-state index contributed by atoms with van der Waals surface area (Å²) in [4.78, 5) is 17.1. The molecule has 140 valence electrons. The highest BCUT2D eigenvalue weighted by molar-refractivity contribution is 6.05. The van der Waals surface area contributed by atoms with Crippen LogP contribution in [0.3, 0.4) is 0 Å². The van der Waals surface area contributed by atoms with Gasteiger partial charge in [-0.05, 0) is 26.8 Å². The summed E-state index contributed by atoms with van der Waals surface area (Å²) >= 11 is 0. The quantitative estimate of drug-likeness (QED) is 0.736. The zero-order valence-electron chi connectivity index (χ0n) is 14.5. The smallest absolute Gasteiger partial charge is 0.252 e. The summed E-state index contributed by atoms with van der Waals surface area (Å²) in [5.41, 5.74) is 2.10. The Morgan fingerprint density at radius 1 is 1.44 bits per heavy atom. The van der Waals surface area contributed by atoms with Gasteiger partial charge in [0.2, 0.25) is 0 Å². The lowest BCUT2D eigenvalue weighted by Crippen LogP contribution is -2.34. The number of carbonyl (C=O) groups is 1. The number of amides is 1. The number of aliphatic hydroxyl groups excluding tert-OH is 1. The summed E-state index contributed by atoms with van der Waals surface area (Å²) in [6, 6.07) is 1.96. The van der Waals surface area contributed by atoms with Crippen molar-refractivity contribution in [2.75, 3.05) is 19.6 Å². The van der Waals surface area contributed by atoms with Gasteiger partial charge in [-0.2, -0.15) is 5.10 Å². The van der Waals surface area contributed by atoms with E-state index in [0.717, 1.165) is 23.3 Å². The van der Waals surface area contributed by atoms with E-state index in [1.807, 2.05) is 25.5 Å². The lowest BCUT2D eigenvalue weighted by molar-refractivity contribution is 0.0928. The van der Waals surface area contributed by atoms with Crippen molar-refractivity contribution in [3.05, 3.63) is 23.5 Å². The van der Waals surface area contributed by atoms with E-state index >= 15 is 0 Å². The van der Waals surface area contributed by atoms with Gasteiger partial charge in [-0.15, -0.1) is 24.8 Å². The number of aromatic nitrogens is 3. The number of nitrogens with zero attached hydrogens (tertiary/aromatic N) is 3. The van der Waals surface area contributed by atoms with Gasteiger partial charge in [-0.3, -0.25) is 4.79 Å². The number of halogens is 2. The van der Waals surface area contributed by atoms with E-state index < -0.39 is 6.10 Å². The SMILES string of the molecule is Cc1cc(C(=O)NCC2CNCC2O)c2cnn(C(C)C)c2n1.Cl.Cl. The molecule has 0 saturated carbocycles. The number of aliphatic hydroxyl groups is 1. The predicted octanol–water partition coefficient (Wildman–Crippen LogP) is 1.47. The maximum Gasteiger partial charge on any atom is 0.252 e. The minimum absolute atomic E-state index is 0. The Balaban J connectivity index is 0.00000156. The number of carbonyl (C=O) groups excluding carboxylic acids is 1. The van der Waals surface area contributed by atoms with Crippen LogP contribution in [0.2, 0.25) is 0 Å². The van der Waals surface area contributed by atoms with Crippen molar-refractivity contribution in [1.29, 1.82) is 0 Å². The van der Waals surface area contributed by atoms with Gasteiger partial charge in [0.05, 0.1) is 23.3 Å². The second kappa shape index (κ2) is 8.80. The highest BCUT2D eigenvalue weighted by Gasteiger charge is 2.25. The first-order valence-corrected chi connectivity index (χ1v) is 7.99. The van der Waals surface area contributed by atoms with Gasteiger partial charge in [-0.1, -0.05) is 0 Å². The zero-order valence-corrected chi connectivity index (χ0v) is 16.2. The third kappa shape index (κ3) is 4.41. The lowest BCUT2D eigenvalue weighted by atomic mass is 10.1. The molecule has 3 rings (SSSR count). The summed E-state index contributed by atoms with van der Waals surface area (Å²) in [6.45, 7) is 7.69. The van der Waals surface area contributed by atoms with Crippen LogP contribution in [0.4, 0.5) is 0 Å². The molecule has 0 spiro atoms. The molecule has 7 nitrogen and oxygen atoms in total. The monoisotopic (exact) mass is 389 g/mol. The topological polar surface area (TPSA) is 92.1 Å². The number of nitrogens with one attached hydrogen (secondary N) is 2. The molecule has 0 aromatic carbocycles. The average molecular weight is 390 g/mol. The Morgan fingerprint density at radius 3 is 2.76 bits per heavy atom. The van der Waals surface area contributed by atoms with Gasteiger partial charge in [-0.25, -0.2) is 9.67 Å². The molecule has 9 heteroatoms. The minimum atomic E-state index is -0.404. The Labute approximate surface area is 159 Å². The Morgan fingerprint density at radius 2 is 2.16 bits per heavy atom.